The van der Waals surface area contributed by atoms with Crippen LogP contribution in [0.15, 0.2) is 42.5 Å². The summed E-state index contributed by atoms with van der Waals surface area (Å²) in [6, 6.07) is 12.3. The molecule has 0 fully saturated rings. The molecule has 0 heterocycles. The molecular formula is C21H23ClN2O6. The van der Waals surface area contributed by atoms with Crippen molar-refractivity contribution in [1.82, 2.24) is 5.32 Å². The summed E-state index contributed by atoms with van der Waals surface area (Å²) >= 11 is 6.12. The number of primary amides is 1. The van der Waals surface area contributed by atoms with Crippen molar-refractivity contribution in [2.75, 3.05) is 20.3 Å². The van der Waals surface area contributed by atoms with Gasteiger partial charge in [0.15, 0.2) is 24.2 Å². The summed E-state index contributed by atoms with van der Waals surface area (Å²) < 4.78 is 15.6. The first-order chi connectivity index (χ1) is 14.3. The van der Waals surface area contributed by atoms with E-state index in [-0.39, 0.29) is 22.1 Å². The largest absolute Gasteiger partial charge is 0.493 e. The maximum absolute atomic E-state index is 12.4. The topological polar surface area (TPSA) is 117 Å². The second-order valence-corrected chi connectivity index (χ2v) is 6.73. The van der Waals surface area contributed by atoms with Gasteiger partial charge in [-0.2, -0.15) is 0 Å². The van der Waals surface area contributed by atoms with Gasteiger partial charge in [-0.25, -0.2) is 4.79 Å². The minimum Gasteiger partial charge on any atom is -0.493 e. The van der Waals surface area contributed by atoms with E-state index >= 15 is 0 Å². The third-order valence-corrected chi connectivity index (χ3v) is 4.31. The fourth-order valence-electron chi connectivity index (χ4n) is 2.52. The Morgan fingerprint density at radius 1 is 1.17 bits per heavy atom. The summed E-state index contributed by atoms with van der Waals surface area (Å²) in [6.45, 7) is 1.48. The molecule has 1 unspecified atom stereocenters. The van der Waals surface area contributed by atoms with Crippen LogP contribution < -0.4 is 20.5 Å². The van der Waals surface area contributed by atoms with Crippen LogP contribution in [0.25, 0.3) is 0 Å². The van der Waals surface area contributed by atoms with Crippen molar-refractivity contribution in [3.63, 3.8) is 0 Å². The molecule has 160 valence electrons. The van der Waals surface area contributed by atoms with Crippen LogP contribution in [0.4, 0.5) is 0 Å². The van der Waals surface area contributed by atoms with Crippen molar-refractivity contribution < 1.29 is 28.6 Å². The summed E-state index contributed by atoms with van der Waals surface area (Å²) in [5.41, 5.74) is 6.20. The molecule has 1 atom stereocenters. The van der Waals surface area contributed by atoms with Gasteiger partial charge in [0.05, 0.1) is 17.7 Å². The average molecular weight is 435 g/mol. The summed E-state index contributed by atoms with van der Waals surface area (Å²) in [6.07, 6.45) is -0.351. The second kappa shape index (κ2) is 11.1. The Morgan fingerprint density at radius 3 is 2.50 bits per heavy atom. The number of nitrogens with two attached hydrogens (primary N) is 1. The number of ether oxygens (including phenoxy) is 3. The van der Waals surface area contributed by atoms with Gasteiger partial charge in [0.25, 0.3) is 11.8 Å². The number of hydrogen-bond donors (Lipinski definition) is 2. The number of halogens is 1. The van der Waals surface area contributed by atoms with Crippen molar-refractivity contribution >= 4 is 29.4 Å². The molecule has 9 heteroatoms. The lowest BCUT2D eigenvalue weighted by molar-refractivity contribution is -0.129. The molecule has 2 amide bonds. The van der Waals surface area contributed by atoms with Crippen molar-refractivity contribution in [1.29, 1.82) is 0 Å². The fraction of sp³-hybridized carbons (Fsp3) is 0.286. The van der Waals surface area contributed by atoms with Gasteiger partial charge in [0, 0.05) is 6.54 Å². The van der Waals surface area contributed by atoms with Gasteiger partial charge in [-0.3, -0.25) is 9.59 Å². The lowest BCUT2D eigenvalue weighted by atomic mass is 10.1. The molecule has 3 N–H and O–H groups in total. The number of benzene rings is 2. The molecule has 0 spiro atoms. The zero-order valence-corrected chi connectivity index (χ0v) is 17.4. The lowest BCUT2D eigenvalue weighted by Crippen LogP contribution is -2.36. The fourth-order valence-corrected chi connectivity index (χ4v) is 2.79. The number of carbonyl (C=O) groups excluding carboxylic acids is 3. The standard InChI is InChI=1S/C21H23ClN2O6/c1-13(20(26)24-9-8-14-6-4-3-5-7-14)30-21(27)15-10-16(22)19(17(11-15)28-2)29-12-18(23)25/h3-7,10-11,13H,8-9,12H2,1-2H3,(H2,23,25)(H,24,26). The first-order valence-corrected chi connectivity index (χ1v) is 9.51. The first kappa shape index (κ1) is 23.0. The van der Waals surface area contributed by atoms with Crippen molar-refractivity contribution in [2.45, 2.75) is 19.4 Å². The van der Waals surface area contributed by atoms with Gasteiger partial charge in [0.1, 0.15) is 0 Å². The van der Waals surface area contributed by atoms with E-state index < -0.39 is 30.5 Å². The van der Waals surface area contributed by atoms with E-state index in [2.05, 4.69) is 5.32 Å². The van der Waals surface area contributed by atoms with E-state index in [4.69, 9.17) is 31.5 Å². The summed E-state index contributed by atoms with van der Waals surface area (Å²) in [4.78, 5) is 35.5. The van der Waals surface area contributed by atoms with Crippen LogP contribution in [0.3, 0.4) is 0 Å². The number of methoxy groups -OCH3 is 1. The Bertz CT molecular complexity index is 904. The molecular weight excluding hydrogens is 412 g/mol. The molecule has 0 bridgehead atoms. The molecule has 0 aliphatic heterocycles. The molecule has 0 aliphatic carbocycles. The van der Waals surface area contributed by atoms with E-state index in [1.54, 1.807) is 0 Å². The van der Waals surface area contributed by atoms with Gasteiger partial charge in [0.2, 0.25) is 0 Å². The van der Waals surface area contributed by atoms with E-state index in [1.165, 1.54) is 26.2 Å². The molecule has 0 aromatic heterocycles. The Hall–Kier alpha value is -3.26. The summed E-state index contributed by atoms with van der Waals surface area (Å²) in [7, 11) is 1.35. The lowest BCUT2D eigenvalue weighted by Gasteiger charge is -2.15. The Morgan fingerprint density at radius 2 is 1.87 bits per heavy atom. The van der Waals surface area contributed by atoms with Crippen LogP contribution in [-0.2, 0) is 20.7 Å². The van der Waals surface area contributed by atoms with Crippen LogP contribution in [0, 0.1) is 0 Å². The molecule has 30 heavy (non-hydrogen) atoms. The maximum atomic E-state index is 12.4. The van der Waals surface area contributed by atoms with Gasteiger partial charge >= 0.3 is 5.97 Å². The minimum atomic E-state index is -1.01. The highest BCUT2D eigenvalue weighted by atomic mass is 35.5. The SMILES string of the molecule is COc1cc(C(=O)OC(C)C(=O)NCCc2ccccc2)cc(Cl)c1OCC(N)=O. The highest BCUT2D eigenvalue weighted by molar-refractivity contribution is 6.32. The maximum Gasteiger partial charge on any atom is 0.339 e. The van der Waals surface area contributed by atoms with E-state index in [0.29, 0.717) is 13.0 Å². The van der Waals surface area contributed by atoms with E-state index in [1.807, 2.05) is 30.3 Å². The van der Waals surface area contributed by atoms with Crippen LogP contribution in [-0.4, -0.2) is 44.1 Å². The third kappa shape index (κ3) is 6.66. The predicted octanol–water partition coefficient (Wildman–Crippen LogP) is 2.12. The third-order valence-electron chi connectivity index (χ3n) is 4.03. The van der Waals surface area contributed by atoms with E-state index in [0.717, 1.165) is 5.56 Å². The zero-order valence-electron chi connectivity index (χ0n) is 16.6. The van der Waals surface area contributed by atoms with Crippen molar-refractivity contribution in [3.8, 4) is 11.5 Å². The number of hydrogen-bond acceptors (Lipinski definition) is 6. The number of nitrogens with one attached hydrogen (secondary N) is 1. The number of carbonyl (C=O) groups is 3. The Kier molecular flexibility index (Phi) is 8.49. The minimum absolute atomic E-state index is 0.0301. The van der Waals surface area contributed by atoms with Gasteiger partial charge < -0.3 is 25.3 Å². The molecule has 0 radical (unpaired) electrons. The van der Waals surface area contributed by atoms with Crippen LogP contribution in [0.5, 0.6) is 11.5 Å². The van der Waals surface area contributed by atoms with Gasteiger partial charge in [-0.15, -0.1) is 0 Å². The molecule has 0 saturated carbocycles. The zero-order chi connectivity index (χ0) is 22.1. The predicted molar refractivity (Wildman–Crippen MR) is 111 cm³/mol. The Labute approximate surface area is 179 Å². The van der Waals surface area contributed by atoms with Crippen molar-refractivity contribution in [3.05, 3.63) is 58.6 Å². The van der Waals surface area contributed by atoms with Crippen LogP contribution >= 0.6 is 11.6 Å². The molecule has 8 nitrogen and oxygen atoms in total. The van der Waals surface area contributed by atoms with Crippen LogP contribution in [0.2, 0.25) is 5.02 Å². The monoisotopic (exact) mass is 434 g/mol. The molecule has 0 aliphatic rings. The first-order valence-electron chi connectivity index (χ1n) is 9.13. The highest BCUT2D eigenvalue weighted by Crippen LogP contribution is 2.36. The summed E-state index contributed by atoms with van der Waals surface area (Å²) in [5.74, 6) is -1.68. The number of amides is 2. The number of esters is 1. The quantitative estimate of drug-likeness (QED) is 0.553. The van der Waals surface area contributed by atoms with Gasteiger partial charge in [-0.1, -0.05) is 41.9 Å². The average Bonchev–Trinajstić information content (AvgIpc) is 2.72. The molecule has 2 rings (SSSR count). The molecule has 2 aromatic rings. The highest BCUT2D eigenvalue weighted by Gasteiger charge is 2.22. The second-order valence-electron chi connectivity index (χ2n) is 6.32. The smallest absolute Gasteiger partial charge is 0.339 e. The molecule has 2 aromatic carbocycles. The number of rotatable bonds is 10. The molecule has 0 saturated heterocycles. The normalized spacial score (nSPS) is 11.3. The van der Waals surface area contributed by atoms with Crippen molar-refractivity contribution in [2.24, 2.45) is 5.73 Å². The van der Waals surface area contributed by atoms with Crippen LogP contribution in [0.1, 0.15) is 22.8 Å². The van der Waals surface area contributed by atoms with Gasteiger partial charge in [-0.05, 0) is 31.0 Å². The Balaban J connectivity index is 1.96. The van der Waals surface area contributed by atoms with E-state index in [9.17, 15) is 14.4 Å². The summed E-state index contributed by atoms with van der Waals surface area (Å²) in [5, 5.41) is 2.76.